The van der Waals surface area contributed by atoms with Crippen molar-refractivity contribution in [1.82, 2.24) is 20.3 Å². The number of nitrogens with one attached hydrogen (secondary N) is 3. The van der Waals surface area contributed by atoms with Gasteiger partial charge in [-0.25, -0.2) is 22.9 Å². The third-order valence-corrected chi connectivity index (χ3v) is 6.10. The minimum atomic E-state index is -4.35. The van der Waals surface area contributed by atoms with Gasteiger partial charge in [-0.3, -0.25) is 9.59 Å². The second kappa shape index (κ2) is 14.3. The molecular weight excluding hydrogens is 516 g/mol. The average Bonchev–Trinajstić information content (AvgIpc) is 2.84. The van der Waals surface area contributed by atoms with Crippen LogP contribution in [0.15, 0.2) is 41.4 Å². The number of hydrogen-bond acceptors (Lipinski definition) is 9. The quantitative estimate of drug-likeness (QED) is 0.320. The first-order valence-electron chi connectivity index (χ1n) is 10.8. The van der Waals surface area contributed by atoms with Crippen LogP contribution >= 0.6 is 11.6 Å². The molecule has 0 bridgehead atoms. The van der Waals surface area contributed by atoms with Gasteiger partial charge < -0.3 is 24.8 Å². The lowest BCUT2D eigenvalue weighted by Crippen LogP contribution is -2.31. The number of carbonyl (C=O) groups excluding carboxylic acids is 3. The van der Waals surface area contributed by atoms with Crippen LogP contribution in [-0.2, 0) is 19.5 Å². The zero-order valence-corrected chi connectivity index (χ0v) is 21.3. The predicted molar refractivity (Wildman–Crippen MR) is 130 cm³/mol. The molecule has 0 aliphatic heterocycles. The SMILES string of the molecule is CCOCCCNC(=O)c1cc(S(=O)(=O)NC(=O)c2ccc(OC(=O)NCCOC)nc2)ccc1Cl. The van der Waals surface area contributed by atoms with Crippen LogP contribution in [0.3, 0.4) is 0 Å². The van der Waals surface area contributed by atoms with Crippen molar-refractivity contribution in [2.75, 3.05) is 40.0 Å². The predicted octanol–water partition coefficient (Wildman–Crippen LogP) is 1.74. The third-order valence-electron chi connectivity index (χ3n) is 4.45. The molecule has 0 fully saturated rings. The number of halogens is 1. The van der Waals surface area contributed by atoms with Crippen molar-refractivity contribution in [3.05, 3.63) is 52.7 Å². The maximum absolute atomic E-state index is 12.7. The summed E-state index contributed by atoms with van der Waals surface area (Å²) in [5.74, 6) is -1.64. The highest BCUT2D eigenvalue weighted by molar-refractivity contribution is 7.90. The smallest absolute Gasteiger partial charge is 0.391 e. The first-order chi connectivity index (χ1) is 17.2. The van der Waals surface area contributed by atoms with E-state index in [4.69, 9.17) is 25.8 Å². The molecule has 0 atom stereocenters. The molecule has 3 N–H and O–H groups in total. The average molecular weight is 543 g/mol. The van der Waals surface area contributed by atoms with Crippen molar-refractivity contribution in [2.24, 2.45) is 0 Å². The van der Waals surface area contributed by atoms with E-state index in [2.05, 4.69) is 15.6 Å². The molecule has 0 radical (unpaired) electrons. The van der Waals surface area contributed by atoms with Gasteiger partial charge in [0.2, 0.25) is 5.88 Å². The third kappa shape index (κ3) is 9.07. The molecule has 1 aromatic heterocycles. The summed E-state index contributed by atoms with van der Waals surface area (Å²) in [7, 11) is -2.87. The molecule has 36 heavy (non-hydrogen) atoms. The number of methoxy groups -OCH3 is 1. The van der Waals surface area contributed by atoms with Gasteiger partial charge in [-0.1, -0.05) is 11.6 Å². The highest BCUT2D eigenvalue weighted by Gasteiger charge is 2.22. The Morgan fingerprint density at radius 2 is 1.81 bits per heavy atom. The highest BCUT2D eigenvalue weighted by Crippen LogP contribution is 2.21. The first-order valence-corrected chi connectivity index (χ1v) is 12.7. The van der Waals surface area contributed by atoms with Gasteiger partial charge in [0.25, 0.3) is 21.8 Å². The summed E-state index contributed by atoms with van der Waals surface area (Å²) < 4.78 is 42.3. The van der Waals surface area contributed by atoms with Crippen LogP contribution in [-0.4, -0.2) is 71.3 Å². The fraction of sp³-hybridized carbons (Fsp3) is 0.364. The molecule has 0 unspecified atom stereocenters. The molecule has 1 aromatic carbocycles. The summed E-state index contributed by atoms with van der Waals surface area (Å²) in [5.41, 5.74) is -0.165. The van der Waals surface area contributed by atoms with Crippen molar-refractivity contribution in [3.63, 3.8) is 0 Å². The number of rotatable bonds is 13. The van der Waals surface area contributed by atoms with Gasteiger partial charge in [0.1, 0.15) is 0 Å². The number of carbonyl (C=O) groups is 3. The van der Waals surface area contributed by atoms with Gasteiger partial charge in [-0.2, -0.15) is 0 Å². The Bertz CT molecular complexity index is 1160. The zero-order valence-electron chi connectivity index (χ0n) is 19.7. The molecular formula is C22H27ClN4O8S. The van der Waals surface area contributed by atoms with Crippen LogP contribution in [0.2, 0.25) is 5.02 Å². The number of pyridine rings is 1. The molecule has 0 aliphatic rings. The number of amides is 3. The Hall–Kier alpha value is -3.26. The van der Waals surface area contributed by atoms with Gasteiger partial charge in [-0.15, -0.1) is 0 Å². The minimum absolute atomic E-state index is 0.0497. The monoisotopic (exact) mass is 542 g/mol. The number of benzene rings is 1. The van der Waals surface area contributed by atoms with Crippen LogP contribution in [0.5, 0.6) is 5.88 Å². The second-order valence-corrected chi connectivity index (χ2v) is 9.17. The number of aromatic nitrogens is 1. The molecule has 3 amide bonds. The van der Waals surface area contributed by atoms with E-state index < -0.39 is 27.9 Å². The van der Waals surface area contributed by atoms with Crippen molar-refractivity contribution in [1.29, 1.82) is 0 Å². The van der Waals surface area contributed by atoms with Crippen molar-refractivity contribution in [3.8, 4) is 5.88 Å². The maximum Gasteiger partial charge on any atom is 0.414 e. The topological polar surface area (TPSA) is 162 Å². The molecule has 0 saturated carbocycles. The van der Waals surface area contributed by atoms with Crippen LogP contribution in [0.4, 0.5) is 4.79 Å². The number of sulfonamides is 1. The van der Waals surface area contributed by atoms with Gasteiger partial charge in [0.05, 0.1) is 27.7 Å². The minimum Gasteiger partial charge on any atom is -0.391 e. The molecule has 0 saturated heterocycles. The molecule has 2 aromatic rings. The van der Waals surface area contributed by atoms with E-state index in [1.165, 1.54) is 31.4 Å². The molecule has 2 rings (SSSR count). The van der Waals surface area contributed by atoms with E-state index in [9.17, 15) is 22.8 Å². The normalized spacial score (nSPS) is 11.0. The van der Waals surface area contributed by atoms with Crippen molar-refractivity contribution in [2.45, 2.75) is 18.2 Å². The van der Waals surface area contributed by atoms with E-state index >= 15 is 0 Å². The first kappa shape index (κ1) is 29.0. The summed E-state index contributed by atoms with van der Waals surface area (Å²) in [4.78, 5) is 40.0. The molecule has 1 heterocycles. The second-order valence-electron chi connectivity index (χ2n) is 7.08. The fourth-order valence-electron chi connectivity index (χ4n) is 2.66. The van der Waals surface area contributed by atoms with Crippen LogP contribution in [0, 0.1) is 0 Å². The van der Waals surface area contributed by atoms with Gasteiger partial charge >= 0.3 is 6.09 Å². The number of hydrogen-bond donors (Lipinski definition) is 3. The molecule has 14 heteroatoms. The summed E-state index contributed by atoms with van der Waals surface area (Å²) >= 11 is 6.07. The molecule has 0 spiro atoms. The molecule has 196 valence electrons. The van der Waals surface area contributed by atoms with E-state index in [1.54, 1.807) is 0 Å². The summed E-state index contributed by atoms with van der Waals surface area (Å²) in [6, 6.07) is 5.96. The van der Waals surface area contributed by atoms with E-state index in [0.29, 0.717) is 32.8 Å². The lowest BCUT2D eigenvalue weighted by atomic mass is 10.2. The lowest BCUT2D eigenvalue weighted by Gasteiger charge is -2.11. The van der Waals surface area contributed by atoms with Crippen molar-refractivity contribution >= 4 is 39.5 Å². The molecule has 12 nitrogen and oxygen atoms in total. The van der Waals surface area contributed by atoms with Crippen LogP contribution in [0.25, 0.3) is 0 Å². The van der Waals surface area contributed by atoms with Crippen molar-refractivity contribution < 1.29 is 37.0 Å². The van der Waals surface area contributed by atoms with E-state index in [0.717, 1.165) is 12.3 Å². The van der Waals surface area contributed by atoms with Gasteiger partial charge in [0, 0.05) is 45.7 Å². The Morgan fingerprint density at radius 1 is 1.03 bits per heavy atom. The lowest BCUT2D eigenvalue weighted by molar-refractivity contribution is 0.0942. The Kier molecular flexibility index (Phi) is 11.5. The summed E-state index contributed by atoms with van der Waals surface area (Å²) in [6.07, 6.45) is 0.851. The highest BCUT2D eigenvalue weighted by atomic mass is 35.5. The summed E-state index contributed by atoms with van der Waals surface area (Å²) in [5, 5.41) is 5.11. The van der Waals surface area contributed by atoms with Gasteiger partial charge in [-0.05, 0) is 37.6 Å². The number of nitrogens with zero attached hydrogens (tertiary/aromatic N) is 1. The Labute approximate surface area is 213 Å². The Balaban J connectivity index is 2.03. The van der Waals surface area contributed by atoms with E-state index in [1.807, 2.05) is 11.6 Å². The fourth-order valence-corrected chi connectivity index (χ4v) is 3.87. The van der Waals surface area contributed by atoms with Crippen LogP contribution < -0.4 is 20.1 Å². The van der Waals surface area contributed by atoms with E-state index in [-0.39, 0.29) is 33.5 Å². The van der Waals surface area contributed by atoms with Crippen LogP contribution in [0.1, 0.15) is 34.1 Å². The number of ether oxygens (including phenoxy) is 3. The zero-order chi connectivity index (χ0) is 26.6. The Morgan fingerprint density at radius 3 is 2.47 bits per heavy atom. The summed E-state index contributed by atoms with van der Waals surface area (Å²) in [6.45, 7) is 3.72. The largest absolute Gasteiger partial charge is 0.414 e. The molecule has 0 aliphatic carbocycles. The standard InChI is InChI=1S/C22H27ClN4O8S/c1-3-34-11-4-9-24-21(29)17-13-16(6-7-18(17)23)36(31,32)27-20(28)15-5-8-19(26-14-15)35-22(30)25-10-12-33-2/h5-8,13-14H,3-4,9-12H2,1-2H3,(H,24,29)(H,25,30)(H,27,28). The maximum atomic E-state index is 12.7. The van der Waals surface area contributed by atoms with Gasteiger partial charge in [0.15, 0.2) is 0 Å².